The van der Waals surface area contributed by atoms with Crippen LogP contribution in [0.4, 0.5) is 0 Å². The molecular formula is C27H33ClN2O2. The topological polar surface area (TPSA) is 43.8 Å². The first kappa shape index (κ1) is 25.6. The quantitative estimate of drug-likeness (QED) is 0.484. The molecule has 3 aromatic rings. The van der Waals surface area contributed by atoms with E-state index in [2.05, 4.69) is 18.7 Å². The minimum atomic E-state index is -1.75. The number of nitrogens with zero attached hydrogens (tertiary/aromatic N) is 2. The van der Waals surface area contributed by atoms with Crippen LogP contribution in [0.1, 0.15) is 30.5 Å². The average Bonchev–Trinajstić information content (AvgIpc) is 2.84. The first-order valence-corrected chi connectivity index (χ1v) is 11.0. The third-order valence-electron chi connectivity index (χ3n) is 5.78. The second-order valence-electron chi connectivity index (χ2n) is 7.68. The Hall–Kier alpha value is -2.66. The first-order chi connectivity index (χ1) is 15.1. The van der Waals surface area contributed by atoms with Gasteiger partial charge in [-0.15, -0.1) is 12.4 Å². The van der Waals surface area contributed by atoms with Gasteiger partial charge >= 0.3 is 0 Å². The number of halogens is 1. The van der Waals surface area contributed by atoms with Crippen molar-refractivity contribution in [3.8, 4) is 0 Å². The lowest BCUT2D eigenvalue weighted by molar-refractivity contribution is -0.149. The normalized spacial score (nSPS) is 11.1. The predicted octanol–water partition coefficient (Wildman–Crippen LogP) is 4.71. The van der Waals surface area contributed by atoms with Gasteiger partial charge in [0.2, 0.25) is 0 Å². The van der Waals surface area contributed by atoms with Gasteiger partial charge in [-0.3, -0.25) is 4.79 Å². The Balaban J connectivity index is 0.00000363. The minimum absolute atomic E-state index is 0. The number of benzene rings is 3. The van der Waals surface area contributed by atoms with E-state index in [1.807, 2.05) is 91.0 Å². The fourth-order valence-electron chi connectivity index (χ4n) is 3.86. The molecule has 1 amide bonds. The fourth-order valence-corrected chi connectivity index (χ4v) is 3.86. The Morgan fingerprint density at radius 3 is 1.62 bits per heavy atom. The third-order valence-corrected chi connectivity index (χ3v) is 5.78. The van der Waals surface area contributed by atoms with Crippen LogP contribution in [-0.4, -0.2) is 47.0 Å². The van der Waals surface area contributed by atoms with Gasteiger partial charge in [0, 0.05) is 19.6 Å². The Labute approximate surface area is 197 Å². The van der Waals surface area contributed by atoms with Gasteiger partial charge in [0.25, 0.3) is 5.91 Å². The van der Waals surface area contributed by atoms with E-state index >= 15 is 0 Å². The summed E-state index contributed by atoms with van der Waals surface area (Å²) < 4.78 is 0. The Kier molecular flexibility index (Phi) is 9.92. The van der Waals surface area contributed by atoms with Crippen molar-refractivity contribution in [2.75, 3.05) is 26.2 Å². The Morgan fingerprint density at radius 2 is 1.19 bits per heavy atom. The van der Waals surface area contributed by atoms with Crippen molar-refractivity contribution in [1.29, 1.82) is 0 Å². The molecule has 32 heavy (non-hydrogen) atoms. The fraction of sp³-hybridized carbons (Fsp3) is 0.296. The number of rotatable bonds is 10. The maximum absolute atomic E-state index is 14.0. The number of hydrogen-bond acceptors (Lipinski definition) is 3. The molecule has 0 saturated carbocycles. The molecule has 0 aliphatic rings. The summed E-state index contributed by atoms with van der Waals surface area (Å²) >= 11 is 0. The van der Waals surface area contributed by atoms with Crippen LogP contribution in [0, 0.1) is 0 Å². The molecule has 0 atom stereocenters. The van der Waals surface area contributed by atoms with E-state index < -0.39 is 5.60 Å². The summed E-state index contributed by atoms with van der Waals surface area (Å²) in [6.07, 6.45) is 0. The lowest BCUT2D eigenvalue weighted by Gasteiger charge is -2.35. The number of amides is 1. The Bertz CT molecular complexity index is 892. The van der Waals surface area contributed by atoms with Gasteiger partial charge in [0.1, 0.15) is 0 Å². The molecule has 0 aromatic heterocycles. The van der Waals surface area contributed by atoms with E-state index in [0.29, 0.717) is 24.2 Å². The van der Waals surface area contributed by atoms with Crippen molar-refractivity contribution in [2.24, 2.45) is 0 Å². The molecule has 5 heteroatoms. The van der Waals surface area contributed by atoms with E-state index in [1.165, 1.54) is 0 Å². The highest BCUT2D eigenvalue weighted by atomic mass is 35.5. The molecule has 0 radical (unpaired) electrons. The van der Waals surface area contributed by atoms with Crippen LogP contribution < -0.4 is 0 Å². The molecule has 0 heterocycles. The zero-order valence-corrected chi connectivity index (χ0v) is 19.7. The van der Waals surface area contributed by atoms with Crippen molar-refractivity contribution < 1.29 is 9.90 Å². The summed E-state index contributed by atoms with van der Waals surface area (Å²) in [6, 6.07) is 28.4. The molecule has 0 fully saturated rings. The predicted molar refractivity (Wildman–Crippen MR) is 133 cm³/mol. The lowest BCUT2D eigenvalue weighted by Crippen LogP contribution is -2.49. The molecule has 170 valence electrons. The second kappa shape index (κ2) is 12.4. The monoisotopic (exact) mass is 452 g/mol. The summed E-state index contributed by atoms with van der Waals surface area (Å²) in [4.78, 5) is 18.1. The largest absolute Gasteiger partial charge is 0.372 e. The van der Waals surface area contributed by atoms with Crippen molar-refractivity contribution in [3.63, 3.8) is 0 Å². The first-order valence-electron chi connectivity index (χ1n) is 11.0. The SMILES string of the molecule is CCN(CC)CCN(Cc1ccccc1)C(=O)C(O)(c1ccccc1)c1ccccc1.Cl. The number of likely N-dealkylation sites (N-methyl/N-ethyl adjacent to an activating group) is 1. The number of hydrogen-bond donors (Lipinski definition) is 1. The van der Waals surface area contributed by atoms with Crippen molar-refractivity contribution in [2.45, 2.75) is 26.0 Å². The molecule has 0 unspecified atom stereocenters. The molecule has 0 aliphatic heterocycles. The number of carbonyl (C=O) groups is 1. The van der Waals surface area contributed by atoms with E-state index in [1.54, 1.807) is 4.90 Å². The smallest absolute Gasteiger partial charge is 0.264 e. The third kappa shape index (κ3) is 5.98. The van der Waals surface area contributed by atoms with Crippen molar-refractivity contribution in [3.05, 3.63) is 108 Å². The minimum Gasteiger partial charge on any atom is -0.372 e. The van der Waals surface area contributed by atoms with Crippen molar-refractivity contribution in [1.82, 2.24) is 9.80 Å². The molecule has 1 N–H and O–H groups in total. The zero-order chi connectivity index (χ0) is 22.1. The molecular weight excluding hydrogens is 420 g/mol. The number of carbonyl (C=O) groups excluding carboxylic acids is 1. The molecule has 0 aliphatic carbocycles. The van der Waals surface area contributed by atoms with Crippen LogP contribution in [-0.2, 0) is 16.9 Å². The van der Waals surface area contributed by atoms with Gasteiger partial charge in [0.05, 0.1) is 0 Å². The maximum atomic E-state index is 14.0. The van der Waals surface area contributed by atoms with Gasteiger partial charge in [-0.1, -0.05) is 105 Å². The summed E-state index contributed by atoms with van der Waals surface area (Å²) in [6.45, 7) is 7.83. The van der Waals surface area contributed by atoms with E-state index in [0.717, 1.165) is 25.2 Å². The summed E-state index contributed by atoms with van der Waals surface area (Å²) in [5.41, 5.74) is 0.443. The summed E-state index contributed by atoms with van der Waals surface area (Å²) in [5, 5.41) is 11.9. The molecule has 4 nitrogen and oxygen atoms in total. The highest BCUT2D eigenvalue weighted by molar-refractivity contribution is 5.90. The zero-order valence-electron chi connectivity index (χ0n) is 18.9. The molecule has 0 bridgehead atoms. The van der Waals surface area contributed by atoms with E-state index in [9.17, 15) is 9.90 Å². The van der Waals surface area contributed by atoms with E-state index in [-0.39, 0.29) is 18.3 Å². The maximum Gasteiger partial charge on any atom is 0.264 e. The highest BCUT2D eigenvalue weighted by Crippen LogP contribution is 2.32. The van der Waals surface area contributed by atoms with Crippen LogP contribution in [0.2, 0.25) is 0 Å². The standard InChI is InChI=1S/C27H32N2O2.ClH/c1-3-28(4-2)20-21-29(22-23-14-8-5-9-15-23)26(30)27(31,24-16-10-6-11-17-24)25-18-12-7-13-19-25;/h5-19,31H,3-4,20-22H2,1-2H3;1H. The molecule has 3 aromatic carbocycles. The van der Waals surface area contributed by atoms with Crippen LogP contribution >= 0.6 is 12.4 Å². The highest BCUT2D eigenvalue weighted by Gasteiger charge is 2.42. The van der Waals surface area contributed by atoms with Gasteiger partial charge in [-0.25, -0.2) is 0 Å². The lowest BCUT2D eigenvalue weighted by atomic mass is 9.85. The molecule has 0 spiro atoms. The molecule has 3 rings (SSSR count). The second-order valence-corrected chi connectivity index (χ2v) is 7.68. The van der Waals surface area contributed by atoms with Gasteiger partial charge < -0.3 is 14.9 Å². The van der Waals surface area contributed by atoms with Gasteiger partial charge in [0.15, 0.2) is 5.60 Å². The van der Waals surface area contributed by atoms with E-state index in [4.69, 9.17) is 0 Å². The summed E-state index contributed by atoms with van der Waals surface area (Å²) in [7, 11) is 0. The van der Waals surface area contributed by atoms with Crippen LogP contribution in [0.5, 0.6) is 0 Å². The van der Waals surface area contributed by atoms with Crippen LogP contribution in [0.3, 0.4) is 0 Å². The molecule has 0 saturated heterocycles. The van der Waals surface area contributed by atoms with Crippen molar-refractivity contribution >= 4 is 18.3 Å². The van der Waals surface area contributed by atoms with Gasteiger partial charge in [-0.05, 0) is 29.8 Å². The van der Waals surface area contributed by atoms with Crippen LogP contribution in [0.25, 0.3) is 0 Å². The number of aliphatic hydroxyl groups is 1. The summed E-state index contributed by atoms with van der Waals surface area (Å²) in [5.74, 6) is -0.305. The Morgan fingerprint density at radius 1 is 0.750 bits per heavy atom. The van der Waals surface area contributed by atoms with Gasteiger partial charge in [-0.2, -0.15) is 0 Å². The van der Waals surface area contributed by atoms with Crippen LogP contribution in [0.15, 0.2) is 91.0 Å². The average molecular weight is 453 g/mol.